The van der Waals surface area contributed by atoms with Crippen molar-refractivity contribution >= 4 is 41.5 Å². The van der Waals surface area contributed by atoms with Gasteiger partial charge in [0.2, 0.25) is 0 Å². The second-order valence-electron chi connectivity index (χ2n) is 4.82. The van der Waals surface area contributed by atoms with Crippen molar-refractivity contribution in [2.45, 2.75) is 19.9 Å². The minimum absolute atomic E-state index is 0. The van der Waals surface area contributed by atoms with Crippen molar-refractivity contribution in [2.24, 2.45) is 4.99 Å². The summed E-state index contributed by atoms with van der Waals surface area (Å²) in [5.41, 5.74) is 2.16. The van der Waals surface area contributed by atoms with E-state index in [-0.39, 0.29) is 24.0 Å². The largest absolute Gasteiger partial charge is 0.357 e. The molecule has 124 valence electrons. The molecule has 0 amide bonds. The number of benzene rings is 1. The van der Waals surface area contributed by atoms with E-state index in [1.54, 1.807) is 0 Å². The fraction of sp³-hybridized carbons (Fsp3) is 0.294. The molecule has 2 aromatic rings. The number of nitrogens with one attached hydrogen (secondary N) is 2. The summed E-state index contributed by atoms with van der Waals surface area (Å²) in [4.78, 5) is 8.88. The third-order valence-corrected chi connectivity index (χ3v) is 3.29. The quantitative estimate of drug-likeness (QED) is 0.406. The topological polar surface area (TPSA) is 49.3 Å². The number of aliphatic imine (C=N–C) groups is 1. The molecular weight excluding hydrogens is 423 g/mol. The fourth-order valence-electron chi connectivity index (χ4n) is 2.00. The number of hydrogen-bond acceptors (Lipinski definition) is 2. The van der Waals surface area contributed by atoms with Crippen LogP contribution in [0.5, 0.6) is 0 Å². The Balaban J connectivity index is 0.00000264. The smallest absolute Gasteiger partial charge is 0.191 e. The third kappa shape index (κ3) is 7.65. The molecule has 23 heavy (non-hydrogen) atoms. The molecule has 2 N–H and O–H groups in total. The zero-order valence-electron chi connectivity index (χ0n) is 13.1. The van der Waals surface area contributed by atoms with E-state index >= 15 is 0 Å². The van der Waals surface area contributed by atoms with Gasteiger partial charge in [0, 0.05) is 36.4 Å². The normalized spacial score (nSPS) is 10.8. The molecule has 0 bridgehead atoms. The molecule has 1 aromatic carbocycles. The highest BCUT2D eigenvalue weighted by Gasteiger charge is 1.99. The molecule has 0 radical (unpaired) electrons. The lowest BCUT2D eigenvalue weighted by Crippen LogP contribution is -2.38. The molecule has 0 fully saturated rings. The zero-order chi connectivity index (χ0) is 15.6. The molecule has 0 saturated carbocycles. The molecular formula is C17H22ClIN4. The predicted octanol–water partition coefficient (Wildman–Crippen LogP) is 3.65. The first-order valence-corrected chi connectivity index (χ1v) is 7.82. The van der Waals surface area contributed by atoms with Gasteiger partial charge in [-0.05, 0) is 36.8 Å². The highest BCUT2D eigenvalue weighted by Crippen LogP contribution is 2.11. The Hall–Kier alpha value is -1.34. The Morgan fingerprint density at radius 1 is 1.17 bits per heavy atom. The standard InChI is InChI=1S/C17H21ClN4.HI/c1-2-19-17(21-11-9-16-8-3-4-10-20-16)22-13-14-6-5-7-15(18)12-14;/h3-8,10,12H,2,9,11,13H2,1H3,(H2,19,21,22);1H. The number of guanidine groups is 1. The Morgan fingerprint density at radius 3 is 2.74 bits per heavy atom. The van der Waals surface area contributed by atoms with E-state index in [0.29, 0.717) is 6.54 Å². The van der Waals surface area contributed by atoms with Crippen LogP contribution in [0.2, 0.25) is 5.02 Å². The highest BCUT2D eigenvalue weighted by molar-refractivity contribution is 14.0. The summed E-state index contributed by atoms with van der Waals surface area (Å²) in [6, 6.07) is 13.7. The molecule has 0 atom stereocenters. The average molecular weight is 445 g/mol. The highest BCUT2D eigenvalue weighted by atomic mass is 127. The molecule has 0 aliphatic heterocycles. The first-order chi connectivity index (χ1) is 10.8. The second-order valence-corrected chi connectivity index (χ2v) is 5.26. The van der Waals surface area contributed by atoms with E-state index in [0.717, 1.165) is 41.7 Å². The zero-order valence-corrected chi connectivity index (χ0v) is 16.2. The number of nitrogens with zero attached hydrogens (tertiary/aromatic N) is 2. The minimum atomic E-state index is 0. The van der Waals surface area contributed by atoms with Crippen LogP contribution in [0.4, 0.5) is 0 Å². The van der Waals surface area contributed by atoms with Crippen LogP contribution in [-0.4, -0.2) is 24.0 Å². The summed E-state index contributed by atoms with van der Waals surface area (Å²) in [7, 11) is 0. The van der Waals surface area contributed by atoms with Gasteiger partial charge in [-0.3, -0.25) is 4.98 Å². The summed E-state index contributed by atoms with van der Waals surface area (Å²) in [5.74, 6) is 0.804. The molecule has 0 saturated heterocycles. The number of pyridine rings is 1. The van der Waals surface area contributed by atoms with Crippen molar-refractivity contribution in [1.82, 2.24) is 15.6 Å². The van der Waals surface area contributed by atoms with Crippen molar-refractivity contribution in [1.29, 1.82) is 0 Å². The van der Waals surface area contributed by atoms with E-state index in [2.05, 4.69) is 27.5 Å². The van der Waals surface area contributed by atoms with Crippen LogP contribution in [0, 0.1) is 0 Å². The van der Waals surface area contributed by atoms with Crippen molar-refractivity contribution in [3.63, 3.8) is 0 Å². The SMILES string of the molecule is CCNC(=NCc1cccc(Cl)c1)NCCc1ccccn1.I. The molecule has 0 aliphatic carbocycles. The molecule has 1 heterocycles. The van der Waals surface area contributed by atoms with Gasteiger partial charge in [0.1, 0.15) is 0 Å². The number of aromatic nitrogens is 1. The lowest BCUT2D eigenvalue weighted by molar-refractivity contribution is 0.788. The van der Waals surface area contributed by atoms with Crippen molar-refractivity contribution in [3.05, 3.63) is 64.9 Å². The Kier molecular flexibility index (Phi) is 9.63. The summed E-state index contributed by atoms with van der Waals surface area (Å²) < 4.78 is 0. The first-order valence-electron chi connectivity index (χ1n) is 7.44. The van der Waals surface area contributed by atoms with Gasteiger partial charge >= 0.3 is 0 Å². The van der Waals surface area contributed by atoms with Crippen molar-refractivity contribution in [2.75, 3.05) is 13.1 Å². The summed E-state index contributed by atoms with van der Waals surface area (Å²) in [6.45, 7) is 4.26. The number of rotatable bonds is 6. The van der Waals surface area contributed by atoms with Gasteiger partial charge in [0.15, 0.2) is 5.96 Å². The van der Waals surface area contributed by atoms with Gasteiger partial charge in [-0.25, -0.2) is 4.99 Å². The van der Waals surface area contributed by atoms with Gasteiger partial charge in [0.05, 0.1) is 6.54 Å². The maximum absolute atomic E-state index is 5.99. The lowest BCUT2D eigenvalue weighted by atomic mass is 10.2. The van der Waals surface area contributed by atoms with Gasteiger partial charge in [-0.1, -0.05) is 29.8 Å². The predicted molar refractivity (Wildman–Crippen MR) is 108 cm³/mol. The van der Waals surface area contributed by atoms with E-state index in [4.69, 9.17) is 11.6 Å². The molecule has 6 heteroatoms. The number of halogens is 2. The van der Waals surface area contributed by atoms with Crippen LogP contribution < -0.4 is 10.6 Å². The Morgan fingerprint density at radius 2 is 2.04 bits per heavy atom. The maximum atomic E-state index is 5.99. The van der Waals surface area contributed by atoms with Crippen LogP contribution in [0.3, 0.4) is 0 Å². The van der Waals surface area contributed by atoms with E-state index in [9.17, 15) is 0 Å². The third-order valence-electron chi connectivity index (χ3n) is 3.05. The molecule has 4 nitrogen and oxygen atoms in total. The van der Waals surface area contributed by atoms with Gasteiger partial charge < -0.3 is 10.6 Å². The maximum Gasteiger partial charge on any atom is 0.191 e. The van der Waals surface area contributed by atoms with Crippen LogP contribution in [0.1, 0.15) is 18.2 Å². The van der Waals surface area contributed by atoms with E-state index < -0.39 is 0 Å². The second kappa shape index (κ2) is 11.2. The van der Waals surface area contributed by atoms with Crippen LogP contribution in [0.15, 0.2) is 53.7 Å². The summed E-state index contributed by atoms with van der Waals surface area (Å²) in [6.07, 6.45) is 2.68. The van der Waals surface area contributed by atoms with Gasteiger partial charge in [0.25, 0.3) is 0 Å². The fourth-order valence-corrected chi connectivity index (χ4v) is 2.22. The van der Waals surface area contributed by atoms with Crippen molar-refractivity contribution in [3.8, 4) is 0 Å². The Labute approximate surface area is 159 Å². The summed E-state index contributed by atoms with van der Waals surface area (Å²) in [5, 5.41) is 7.30. The monoisotopic (exact) mass is 444 g/mol. The molecule has 0 unspecified atom stereocenters. The minimum Gasteiger partial charge on any atom is -0.357 e. The summed E-state index contributed by atoms with van der Waals surface area (Å²) >= 11 is 5.99. The van der Waals surface area contributed by atoms with Gasteiger partial charge in [-0.15, -0.1) is 24.0 Å². The average Bonchev–Trinajstić information content (AvgIpc) is 2.54. The molecule has 0 aliphatic rings. The lowest BCUT2D eigenvalue weighted by Gasteiger charge is -2.11. The van der Waals surface area contributed by atoms with Crippen molar-refractivity contribution < 1.29 is 0 Å². The first kappa shape index (κ1) is 19.7. The Bertz CT molecular complexity index is 605. The van der Waals surface area contributed by atoms with Crippen LogP contribution in [0.25, 0.3) is 0 Å². The molecule has 2 rings (SSSR count). The van der Waals surface area contributed by atoms with E-state index in [1.165, 1.54) is 0 Å². The molecule has 1 aromatic heterocycles. The van der Waals surface area contributed by atoms with Gasteiger partial charge in [-0.2, -0.15) is 0 Å². The van der Waals surface area contributed by atoms with Crippen LogP contribution in [-0.2, 0) is 13.0 Å². The van der Waals surface area contributed by atoms with E-state index in [1.807, 2.05) is 48.7 Å². The van der Waals surface area contributed by atoms with Crippen LogP contribution >= 0.6 is 35.6 Å². The molecule has 0 spiro atoms. The number of hydrogen-bond donors (Lipinski definition) is 2.